The van der Waals surface area contributed by atoms with Gasteiger partial charge in [0.25, 0.3) is 0 Å². The van der Waals surface area contributed by atoms with E-state index in [-0.39, 0.29) is 40.3 Å². The van der Waals surface area contributed by atoms with Crippen molar-refractivity contribution < 1.29 is 19.4 Å². The summed E-state index contributed by atoms with van der Waals surface area (Å²) in [6.45, 7) is 14.6. The molecule has 3 aromatic heterocycles. The predicted molar refractivity (Wildman–Crippen MR) is 175 cm³/mol. The average Bonchev–Trinajstić information content (AvgIpc) is 2.96. The molecular weight excluding hydrogens is 596 g/mol. The monoisotopic (exact) mass is 634 g/mol. The van der Waals surface area contributed by atoms with Crippen molar-refractivity contribution in [2.75, 3.05) is 31.6 Å². The molecule has 4 aromatic rings. The van der Waals surface area contributed by atoms with Gasteiger partial charge in [0.15, 0.2) is 17.1 Å². The van der Waals surface area contributed by atoms with Crippen LogP contribution in [0.15, 0.2) is 41.3 Å². The molecule has 12 heteroatoms. The SMILES string of the molecule is COc1cccc(-c2nc3c(cc2Cl)c(N2CCN(C(=O)OC(C)(C)C)C[C@@H]2C)nc(=O)n3-c2c(C)ccnc2C(C)C)c1O. The summed E-state index contributed by atoms with van der Waals surface area (Å²) in [6, 6.07) is 8.42. The number of amides is 1. The summed E-state index contributed by atoms with van der Waals surface area (Å²) in [4.78, 5) is 44.8. The van der Waals surface area contributed by atoms with E-state index in [1.54, 1.807) is 35.4 Å². The minimum atomic E-state index is -0.615. The van der Waals surface area contributed by atoms with Gasteiger partial charge in [-0.1, -0.05) is 31.5 Å². The van der Waals surface area contributed by atoms with Crippen LogP contribution in [0.1, 0.15) is 58.7 Å². The van der Waals surface area contributed by atoms with Gasteiger partial charge in [0.2, 0.25) is 0 Å². The van der Waals surface area contributed by atoms with E-state index in [9.17, 15) is 14.7 Å². The summed E-state index contributed by atoms with van der Waals surface area (Å²) < 4.78 is 12.4. The lowest BCUT2D eigenvalue weighted by molar-refractivity contribution is 0.0218. The highest BCUT2D eigenvalue weighted by molar-refractivity contribution is 6.34. The van der Waals surface area contributed by atoms with E-state index in [1.165, 1.54) is 11.7 Å². The smallest absolute Gasteiger partial charge is 0.410 e. The summed E-state index contributed by atoms with van der Waals surface area (Å²) in [7, 11) is 1.46. The maximum atomic E-state index is 14.1. The Bertz CT molecular complexity index is 1830. The molecule has 0 spiro atoms. The molecule has 0 unspecified atom stereocenters. The Kier molecular flexibility index (Phi) is 8.68. The number of hydrogen-bond acceptors (Lipinski definition) is 9. The zero-order valence-corrected chi connectivity index (χ0v) is 27.6. The third-order valence-corrected chi connectivity index (χ3v) is 8.04. The molecule has 0 saturated carbocycles. The molecule has 1 N–H and O–H groups in total. The van der Waals surface area contributed by atoms with Crippen molar-refractivity contribution >= 4 is 34.5 Å². The Morgan fingerprint density at radius 1 is 1.16 bits per heavy atom. The van der Waals surface area contributed by atoms with Crippen molar-refractivity contribution in [2.24, 2.45) is 0 Å². The van der Waals surface area contributed by atoms with Gasteiger partial charge in [-0.25, -0.2) is 19.1 Å². The number of piperazine rings is 1. The van der Waals surface area contributed by atoms with E-state index in [2.05, 4.69) is 9.97 Å². The lowest BCUT2D eigenvalue weighted by Crippen LogP contribution is -2.55. The minimum Gasteiger partial charge on any atom is -0.504 e. The van der Waals surface area contributed by atoms with Crippen molar-refractivity contribution in [1.29, 1.82) is 0 Å². The fourth-order valence-electron chi connectivity index (χ4n) is 5.64. The third-order valence-electron chi connectivity index (χ3n) is 7.75. The quantitative estimate of drug-likeness (QED) is 0.278. The molecule has 1 amide bonds. The first-order chi connectivity index (χ1) is 21.2. The number of carbonyl (C=O) groups is 1. The van der Waals surface area contributed by atoms with Crippen LogP contribution in [-0.4, -0.2) is 74.0 Å². The van der Waals surface area contributed by atoms with Crippen LogP contribution in [0.4, 0.5) is 10.6 Å². The van der Waals surface area contributed by atoms with Gasteiger partial charge in [0.05, 0.1) is 34.6 Å². The Morgan fingerprint density at radius 3 is 2.53 bits per heavy atom. The molecule has 11 nitrogen and oxygen atoms in total. The molecule has 1 fully saturated rings. The van der Waals surface area contributed by atoms with E-state index in [0.29, 0.717) is 47.7 Å². The number of aryl methyl sites for hydroxylation is 1. The summed E-state index contributed by atoms with van der Waals surface area (Å²) >= 11 is 6.90. The highest BCUT2D eigenvalue weighted by Gasteiger charge is 2.33. The molecule has 238 valence electrons. The predicted octanol–water partition coefficient (Wildman–Crippen LogP) is 6.09. The van der Waals surface area contributed by atoms with Crippen LogP contribution in [0.25, 0.3) is 28.0 Å². The Hall–Kier alpha value is -4.38. The molecule has 1 aromatic carbocycles. The van der Waals surface area contributed by atoms with Gasteiger partial charge in [-0.2, -0.15) is 4.98 Å². The van der Waals surface area contributed by atoms with Crippen LogP contribution in [0.5, 0.6) is 11.5 Å². The number of ether oxygens (including phenoxy) is 2. The fourth-order valence-corrected chi connectivity index (χ4v) is 5.90. The molecule has 1 saturated heterocycles. The van der Waals surface area contributed by atoms with Crippen molar-refractivity contribution in [2.45, 2.75) is 66.0 Å². The standard InChI is InChI=1S/C33H39ClN6O5/c1-18(2)25-27(19(3)12-13-35-25)40-30-22(16-23(34)26(36-30)21-10-9-11-24(44-8)28(21)41)29(37-31(40)42)39-15-14-38(17-20(39)4)32(43)45-33(5,6)7/h9-13,16,18,20,41H,14-15,17H2,1-8H3/t20-/m0/s1. The second-order valence-electron chi connectivity index (χ2n) is 12.6. The minimum absolute atomic E-state index is 0.00307. The van der Waals surface area contributed by atoms with E-state index in [0.717, 1.165) is 11.3 Å². The topological polar surface area (TPSA) is 123 Å². The zero-order valence-electron chi connectivity index (χ0n) is 26.9. The number of fused-ring (bicyclic) bond motifs is 1. The maximum Gasteiger partial charge on any atom is 0.410 e. The Morgan fingerprint density at radius 2 is 1.89 bits per heavy atom. The Balaban J connectivity index is 1.74. The summed E-state index contributed by atoms with van der Waals surface area (Å²) in [6.07, 6.45) is 1.34. The Labute approximate surface area is 267 Å². The van der Waals surface area contributed by atoms with Crippen molar-refractivity contribution in [3.63, 3.8) is 0 Å². The maximum absolute atomic E-state index is 14.1. The van der Waals surface area contributed by atoms with E-state index >= 15 is 0 Å². The number of rotatable bonds is 5. The lowest BCUT2D eigenvalue weighted by Gasteiger charge is -2.41. The van der Waals surface area contributed by atoms with Crippen LogP contribution in [0, 0.1) is 6.92 Å². The molecule has 0 bridgehead atoms. The molecule has 0 radical (unpaired) electrons. The van der Waals surface area contributed by atoms with Gasteiger partial charge in [-0.3, -0.25) is 4.98 Å². The number of phenols is 1. The van der Waals surface area contributed by atoms with Crippen LogP contribution in [-0.2, 0) is 4.74 Å². The highest BCUT2D eigenvalue weighted by atomic mass is 35.5. The van der Waals surface area contributed by atoms with Crippen molar-refractivity contribution in [1.82, 2.24) is 24.4 Å². The fraction of sp³-hybridized carbons (Fsp3) is 0.424. The van der Waals surface area contributed by atoms with Crippen LogP contribution in [0.3, 0.4) is 0 Å². The number of aromatic hydroxyl groups is 1. The van der Waals surface area contributed by atoms with E-state index < -0.39 is 11.3 Å². The number of methoxy groups -OCH3 is 1. The summed E-state index contributed by atoms with van der Waals surface area (Å²) in [5.41, 5.74) is 1.94. The molecule has 1 aliphatic heterocycles. The first kappa shape index (κ1) is 32.0. The zero-order chi connectivity index (χ0) is 32.8. The van der Waals surface area contributed by atoms with Crippen molar-refractivity contribution in [3.05, 3.63) is 63.3 Å². The lowest BCUT2D eigenvalue weighted by atomic mass is 10.0. The number of hydrogen-bond donors (Lipinski definition) is 1. The average molecular weight is 635 g/mol. The van der Waals surface area contributed by atoms with Gasteiger partial charge in [-0.05, 0) is 70.4 Å². The first-order valence-corrected chi connectivity index (χ1v) is 15.3. The summed E-state index contributed by atoms with van der Waals surface area (Å²) in [5.74, 6) is 0.548. The van der Waals surface area contributed by atoms with Crippen LogP contribution >= 0.6 is 11.6 Å². The van der Waals surface area contributed by atoms with Crippen molar-refractivity contribution in [3.8, 4) is 28.4 Å². The van der Waals surface area contributed by atoms with Gasteiger partial charge >= 0.3 is 11.8 Å². The largest absolute Gasteiger partial charge is 0.504 e. The number of anilines is 1. The molecule has 4 heterocycles. The molecule has 0 aliphatic carbocycles. The van der Waals surface area contributed by atoms with E-state index in [4.69, 9.17) is 26.1 Å². The molecular formula is C33H39ClN6O5. The second kappa shape index (κ2) is 12.2. The second-order valence-corrected chi connectivity index (χ2v) is 13.0. The number of nitrogens with zero attached hydrogens (tertiary/aromatic N) is 6. The molecule has 1 aliphatic rings. The number of pyridine rings is 2. The number of carbonyl (C=O) groups excluding carboxylic acids is 1. The number of phenolic OH excluding ortho intramolecular Hbond substituents is 1. The number of halogens is 1. The van der Waals surface area contributed by atoms with Gasteiger partial charge in [-0.15, -0.1) is 0 Å². The van der Waals surface area contributed by atoms with Crippen LogP contribution < -0.4 is 15.3 Å². The molecule has 1 atom stereocenters. The molecule has 5 rings (SSSR count). The van der Waals surface area contributed by atoms with E-state index in [1.807, 2.05) is 59.4 Å². The number of aromatic nitrogens is 4. The van der Waals surface area contributed by atoms with Gasteiger partial charge in [0.1, 0.15) is 11.4 Å². The highest BCUT2D eigenvalue weighted by Crippen LogP contribution is 2.41. The third kappa shape index (κ3) is 6.13. The van der Waals surface area contributed by atoms with Gasteiger partial charge in [0, 0.05) is 37.4 Å². The van der Waals surface area contributed by atoms with Gasteiger partial charge < -0.3 is 24.4 Å². The molecule has 45 heavy (non-hydrogen) atoms. The normalized spacial score (nSPS) is 15.6. The number of para-hydroxylation sites is 1. The number of benzene rings is 1. The first-order valence-electron chi connectivity index (χ1n) is 14.9. The summed E-state index contributed by atoms with van der Waals surface area (Å²) in [5, 5.41) is 11.8. The van der Waals surface area contributed by atoms with Crippen LogP contribution in [0.2, 0.25) is 5.02 Å².